The van der Waals surface area contributed by atoms with Crippen LogP contribution in [0, 0.1) is 0 Å². The van der Waals surface area contributed by atoms with Gasteiger partial charge in [0.1, 0.15) is 11.2 Å². The highest BCUT2D eigenvalue weighted by atomic mass is 16.5. The average Bonchev–Trinajstić information content (AvgIpc) is 3.29. The number of nitrogens with zero attached hydrogens (tertiary/aromatic N) is 3. The Kier molecular flexibility index (Phi) is 3.50. The normalized spacial score (nSPS) is 26.6. The number of methoxy groups -OCH3 is 1. The summed E-state index contributed by atoms with van der Waals surface area (Å²) in [4.78, 5) is 39.5. The minimum absolute atomic E-state index is 0.156. The first kappa shape index (κ1) is 17.6. The van der Waals surface area contributed by atoms with Crippen molar-refractivity contribution < 1.29 is 14.3 Å². The zero-order valence-corrected chi connectivity index (χ0v) is 16.4. The summed E-state index contributed by atoms with van der Waals surface area (Å²) in [6.07, 6.45) is 7.49. The van der Waals surface area contributed by atoms with Crippen LogP contribution in [0.3, 0.4) is 0 Å². The number of aromatic nitrogens is 2. The number of ether oxygens (including phenoxy) is 1. The number of H-pyrrole nitrogens is 1. The van der Waals surface area contributed by atoms with Gasteiger partial charge in [0.05, 0.1) is 42.6 Å². The molecule has 1 atom stereocenters. The quantitative estimate of drug-likeness (QED) is 0.601. The fraction of sp³-hybridized carbons (Fsp3) is 0.273. The molecule has 1 unspecified atom stereocenters. The second kappa shape index (κ2) is 5.76. The first-order chi connectivity index (χ1) is 13.9. The number of aromatic amines is 1. The van der Waals surface area contributed by atoms with Crippen LogP contribution in [0.1, 0.15) is 37.2 Å². The molecule has 4 heterocycles. The summed E-state index contributed by atoms with van der Waals surface area (Å²) in [6, 6.07) is 7.73. The van der Waals surface area contributed by atoms with Gasteiger partial charge in [-0.15, -0.1) is 0 Å². The van der Waals surface area contributed by atoms with Gasteiger partial charge in [0.2, 0.25) is 5.91 Å². The van der Waals surface area contributed by atoms with Crippen LogP contribution in [-0.2, 0) is 25.3 Å². The van der Waals surface area contributed by atoms with Gasteiger partial charge in [-0.3, -0.25) is 14.7 Å². The van der Waals surface area contributed by atoms with Crippen LogP contribution in [0.15, 0.2) is 53.4 Å². The molecular weight excluding hydrogens is 368 g/mol. The van der Waals surface area contributed by atoms with Crippen LogP contribution < -0.4 is 0 Å². The number of carbonyl (C=O) groups excluding carboxylic acids is 2. The van der Waals surface area contributed by atoms with Gasteiger partial charge in [0.25, 0.3) is 0 Å². The van der Waals surface area contributed by atoms with E-state index in [1.807, 2.05) is 30.3 Å². The summed E-state index contributed by atoms with van der Waals surface area (Å²) in [5.41, 5.74) is 2.86. The number of hydrogen-bond donors (Lipinski definition) is 1. The van der Waals surface area contributed by atoms with Crippen LogP contribution in [-0.4, -0.2) is 39.6 Å². The number of fused-ring (bicyclic) bond motifs is 2. The van der Waals surface area contributed by atoms with E-state index in [-0.39, 0.29) is 18.0 Å². The summed E-state index contributed by atoms with van der Waals surface area (Å²) < 4.78 is 5.04. The van der Waals surface area contributed by atoms with E-state index in [1.165, 1.54) is 12.0 Å². The Morgan fingerprint density at radius 1 is 1.28 bits per heavy atom. The van der Waals surface area contributed by atoms with Crippen molar-refractivity contribution in [3.63, 3.8) is 0 Å². The van der Waals surface area contributed by atoms with Crippen molar-refractivity contribution in [3.05, 3.63) is 65.4 Å². The van der Waals surface area contributed by atoms with Crippen LogP contribution in [0.25, 0.3) is 6.08 Å². The molecule has 1 amide bonds. The van der Waals surface area contributed by atoms with Gasteiger partial charge >= 0.3 is 5.97 Å². The lowest BCUT2D eigenvalue weighted by atomic mass is 9.73. The molecule has 0 radical (unpaired) electrons. The van der Waals surface area contributed by atoms with E-state index in [4.69, 9.17) is 9.73 Å². The second-order valence-electron chi connectivity index (χ2n) is 8.02. The third kappa shape index (κ3) is 2.24. The number of para-hydroxylation sites is 1. The van der Waals surface area contributed by atoms with Crippen molar-refractivity contribution >= 4 is 29.4 Å². The van der Waals surface area contributed by atoms with Gasteiger partial charge in [-0.05, 0) is 18.2 Å². The number of esters is 1. The minimum atomic E-state index is -0.811. The van der Waals surface area contributed by atoms with Crippen molar-refractivity contribution in [3.8, 4) is 0 Å². The Hall–Kier alpha value is -3.48. The van der Waals surface area contributed by atoms with E-state index in [0.717, 1.165) is 22.7 Å². The van der Waals surface area contributed by atoms with Crippen LogP contribution >= 0.6 is 0 Å². The molecule has 1 N–H and O–H groups in total. The number of hydrogen-bond acceptors (Lipinski definition) is 5. The Morgan fingerprint density at radius 2 is 2.07 bits per heavy atom. The number of aliphatic imine (C=N–C) groups is 1. The maximum absolute atomic E-state index is 12.9. The smallest absolute Gasteiger partial charge is 0.354 e. The Balaban J connectivity index is 1.83. The highest BCUT2D eigenvalue weighted by molar-refractivity contribution is 6.17. The molecule has 146 valence electrons. The summed E-state index contributed by atoms with van der Waals surface area (Å²) in [5.74, 6) is -0.742. The molecule has 3 aliphatic rings. The lowest BCUT2D eigenvalue weighted by Gasteiger charge is -2.50. The molecule has 1 aromatic heterocycles. The zero-order valence-electron chi connectivity index (χ0n) is 16.4. The largest absolute Gasteiger partial charge is 0.464 e. The number of imidazole rings is 1. The number of benzene rings is 1. The molecule has 1 saturated heterocycles. The Morgan fingerprint density at radius 3 is 2.83 bits per heavy atom. The molecule has 0 bridgehead atoms. The fourth-order valence-electron chi connectivity index (χ4n) is 4.47. The van der Waals surface area contributed by atoms with E-state index in [2.05, 4.69) is 29.9 Å². The molecule has 7 heteroatoms. The van der Waals surface area contributed by atoms with E-state index in [1.54, 1.807) is 12.4 Å². The van der Waals surface area contributed by atoms with Gasteiger partial charge in [0.15, 0.2) is 0 Å². The lowest BCUT2D eigenvalue weighted by molar-refractivity contribution is -0.153. The second-order valence-corrected chi connectivity index (χ2v) is 8.02. The number of rotatable bonds is 1. The molecule has 1 aromatic carbocycles. The summed E-state index contributed by atoms with van der Waals surface area (Å²) >= 11 is 0. The highest BCUT2D eigenvalue weighted by Gasteiger charge is 2.60. The summed E-state index contributed by atoms with van der Waals surface area (Å²) in [5, 5.41) is 0. The molecule has 5 rings (SSSR count). The van der Waals surface area contributed by atoms with Gasteiger partial charge in [-0.2, -0.15) is 0 Å². The van der Waals surface area contributed by atoms with Gasteiger partial charge in [-0.25, -0.2) is 9.78 Å². The molecular formula is C22H20N4O3. The van der Waals surface area contributed by atoms with E-state index >= 15 is 0 Å². The van der Waals surface area contributed by atoms with Crippen molar-refractivity contribution in [2.75, 3.05) is 7.11 Å². The standard InChI is InChI=1S/C22H20N4O3/c1-21(2)9-8-17-22(13-6-4-5-7-14(13)25-17)11-18(27)26(22)16(20(28)29-3)10-15-19(21)24-12-23-15/h4-10,12H,11H2,1-3H3,(H,23,24)/b9-8-,16-10-. The highest BCUT2D eigenvalue weighted by Crippen LogP contribution is 2.53. The molecule has 1 spiro atoms. The maximum atomic E-state index is 12.9. The third-order valence-corrected chi connectivity index (χ3v) is 5.93. The van der Waals surface area contributed by atoms with Crippen LogP contribution in [0.5, 0.6) is 0 Å². The van der Waals surface area contributed by atoms with Crippen molar-refractivity contribution in [1.29, 1.82) is 0 Å². The number of nitrogens with one attached hydrogen (secondary N) is 1. The van der Waals surface area contributed by atoms with Crippen molar-refractivity contribution in [1.82, 2.24) is 14.9 Å². The third-order valence-electron chi connectivity index (χ3n) is 5.93. The summed E-state index contributed by atoms with van der Waals surface area (Å²) in [7, 11) is 1.31. The average molecular weight is 388 g/mol. The molecule has 0 aliphatic carbocycles. The number of β-lactam (4-membered cyclic amide) rings is 1. The number of allylic oxidation sites excluding steroid dienone is 1. The summed E-state index contributed by atoms with van der Waals surface area (Å²) in [6.45, 7) is 4.12. The number of carbonyl (C=O) groups is 2. The zero-order chi connectivity index (χ0) is 20.4. The molecule has 1 fully saturated rings. The lowest BCUT2D eigenvalue weighted by Crippen LogP contribution is -2.64. The van der Waals surface area contributed by atoms with Crippen molar-refractivity contribution in [2.45, 2.75) is 31.2 Å². The topological polar surface area (TPSA) is 87.6 Å². The van der Waals surface area contributed by atoms with Crippen molar-refractivity contribution in [2.24, 2.45) is 4.99 Å². The minimum Gasteiger partial charge on any atom is -0.464 e. The van der Waals surface area contributed by atoms with Crippen LogP contribution in [0.2, 0.25) is 0 Å². The predicted octanol–water partition coefficient (Wildman–Crippen LogP) is 2.98. The van der Waals surface area contributed by atoms with E-state index in [9.17, 15) is 9.59 Å². The SMILES string of the molecule is COC(=O)/C1=C/c2nc[nH]c2C(C)(C)/C=C\C2=Nc3ccccc3C23CC(=O)N13. The molecule has 2 aromatic rings. The first-order valence-corrected chi connectivity index (χ1v) is 9.43. The Labute approximate surface area is 167 Å². The molecule has 3 aliphatic heterocycles. The van der Waals surface area contributed by atoms with Gasteiger partial charge in [0, 0.05) is 11.0 Å². The van der Waals surface area contributed by atoms with E-state index < -0.39 is 16.9 Å². The van der Waals surface area contributed by atoms with E-state index in [0.29, 0.717) is 5.69 Å². The van der Waals surface area contributed by atoms with Crippen LogP contribution in [0.4, 0.5) is 5.69 Å². The number of amides is 1. The molecule has 7 nitrogen and oxygen atoms in total. The maximum Gasteiger partial charge on any atom is 0.354 e. The first-order valence-electron chi connectivity index (χ1n) is 9.43. The van der Waals surface area contributed by atoms with Gasteiger partial charge in [-0.1, -0.05) is 38.1 Å². The Bertz CT molecular complexity index is 1150. The molecule has 29 heavy (non-hydrogen) atoms. The fourth-order valence-corrected chi connectivity index (χ4v) is 4.47. The van der Waals surface area contributed by atoms with Gasteiger partial charge < -0.3 is 9.72 Å². The predicted molar refractivity (Wildman–Crippen MR) is 107 cm³/mol. The molecule has 0 saturated carbocycles. The monoisotopic (exact) mass is 388 g/mol.